The number of amides is 5. The van der Waals surface area contributed by atoms with Gasteiger partial charge in [-0.25, -0.2) is 13.2 Å². The van der Waals surface area contributed by atoms with E-state index in [-0.39, 0.29) is 54.2 Å². The highest BCUT2D eigenvalue weighted by molar-refractivity contribution is 7.90. The number of hydrogen-bond acceptors (Lipinski definition) is 7. The summed E-state index contributed by atoms with van der Waals surface area (Å²) in [6.45, 7) is 13.8. The van der Waals surface area contributed by atoms with Gasteiger partial charge < -0.3 is 26.2 Å². The molecule has 2 aliphatic carbocycles. The first-order valence-corrected chi connectivity index (χ1v) is 18.2. The van der Waals surface area contributed by atoms with Crippen LogP contribution in [0, 0.1) is 23.2 Å². The average Bonchev–Trinajstić information content (AvgIpc) is 3.26. The molecule has 3 aliphatic rings. The summed E-state index contributed by atoms with van der Waals surface area (Å²) in [6.07, 6.45) is 7.93. The number of allylic oxidation sites excluding steroid dienone is 1. The number of sulfone groups is 1. The molecule has 12 nitrogen and oxygen atoms in total. The lowest BCUT2D eigenvalue weighted by molar-refractivity contribution is -0.144. The van der Waals surface area contributed by atoms with Crippen molar-refractivity contribution >= 4 is 39.4 Å². The molecular weight excluding hydrogens is 598 g/mol. The Hall–Kier alpha value is -2.96. The highest BCUT2D eigenvalue weighted by Crippen LogP contribution is 2.65. The zero-order valence-corrected chi connectivity index (χ0v) is 28.6. The molecule has 0 aromatic rings. The smallest absolute Gasteiger partial charge is 0.315 e. The molecule has 1 aliphatic heterocycles. The second-order valence-electron chi connectivity index (χ2n) is 14.6. The molecule has 2 saturated carbocycles. The van der Waals surface area contributed by atoms with Crippen LogP contribution in [0.1, 0.15) is 86.0 Å². The summed E-state index contributed by atoms with van der Waals surface area (Å²) in [5, 5.41) is 11.0. The normalized spacial score (nSPS) is 24.0. The van der Waals surface area contributed by atoms with Gasteiger partial charge in [0.25, 0.3) is 5.91 Å². The molecule has 0 aromatic carbocycles. The van der Waals surface area contributed by atoms with Crippen LogP contribution in [-0.4, -0.2) is 91.6 Å². The molecule has 4 N–H and O–H groups in total. The van der Waals surface area contributed by atoms with E-state index >= 15 is 0 Å². The molecule has 3 fully saturated rings. The van der Waals surface area contributed by atoms with E-state index in [0.29, 0.717) is 13.0 Å². The van der Waals surface area contributed by atoms with Crippen LogP contribution in [0.4, 0.5) is 4.79 Å². The Balaban J connectivity index is 1.79. The van der Waals surface area contributed by atoms with E-state index in [9.17, 15) is 32.4 Å². The second-order valence-corrected chi connectivity index (χ2v) is 16.9. The first-order valence-electron chi connectivity index (χ1n) is 16.2. The van der Waals surface area contributed by atoms with Crippen molar-refractivity contribution in [1.82, 2.24) is 26.2 Å². The SMILES string of the molecule is C=CCCC(NC(=O)C1C2C(CN1C(=O)C(NC(=O)NC(C)(C)C)C1CCCCC1)C2(C)C)C(=O)C(=O)NCCCS(C)(=O)=O. The van der Waals surface area contributed by atoms with Crippen LogP contribution in [0.15, 0.2) is 12.7 Å². The van der Waals surface area contributed by atoms with Crippen LogP contribution in [0.3, 0.4) is 0 Å². The molecule has 0 aromatic heterocycles. The summed E-state index contributed by atoms with van der Waals surface area (Å²) in [5.41, 5.74) is -0.688. The zero-order valence-electron chi connectivity index (χ0n) is 27.7. The van der Waals surface area contributed by atoms with Gasteiger partial charge in [0.2, 0.25) is 17.6 Å². The number of piperidine rings is 1. The molecule has 1 heterocycles. The number of fused-ring (bicyclic) bond motifs is 1. The topological polar surface area (TPSA) is 171 Å². The summed E-state index contributed by atoms with van der Waals surface area (Å²) in [6, 6.07) is -3.23. The fourth-order valence-corrected chi connectivity index (χ4v) is 7.62. The average molecular weight is 652 g/mol. The quantitative estimate of drug-likeness (QED) is 0.127. The van der Waals surface area contributed by atoms with Crippen LogP contribution in [0.5, 0.6) is 0 Å². The Kier molecular flexibility index (Phi) is 11.9. The Morgan fingerprint density at radius 2 is 1.69 bits per heavy atom. The van der Waals surface area contributed by atoms with E-state index in [0.717, 1.165) is 38.4 Å². The minimum absolute atomic E-state index is 0.000955. The summed E-state index contributed by atoms with van der Waals surface area (Å²) in [5.74, 6) is -2.78. The number of nitrogens with zero attached hydrogens (tertiary/aromatic N) is 1. The number of urea groups is 1. The first-order chi connectivity index (χ1) is 20.9. The monoisotopic (exact) mass is 651 g/mol. The number of nitrogens with one attached hydrogen (secondary N) is 4. The van der Waals surface area contributed by atoms with Gasteiger partial charge in [-0.2, -0.15) is 0 Å². The maximum Gasteiger partial charge on any atom is 0.315 e. The Morgan fingerprint density at radius 3 is 2.27 bits per heavy atom. The van der Waals surface area contributed by atoms with Crippen molar-refractivity contribution < 1.29 is 32.4 Å². The number of Topliss-reactive ketones (excluding diaryl/α,β-unsaturated/α-hetero) is 1. The Morgan fingerprint density at radius 1 is 1.04 bits per heavy atom. The predicted octanol–water partition coefficient (Wildman–Crippen LogP) is 2.09. The van der Waals surface area contributed by atoms with Crippen LogP contribution in [0.2, 0.25) is 0 Å². The van der Waals surface area contributed by atoms with E-state index in [4.69, 9.17) is 0 Å². The minimum Gasteiger partial charge on any atom is -0.349 e. The molecule has 0 spiro atoms. The highest BCUT2D eigenvalue weighted by atomic mass is 32.2. The van der Waals surface area contributed by atoms with E-state index in [2.05, 4.69) is 41.7 Å². The third kappa shape index (κ3) is 9.76. The van der Waals surface area contributed by atoms with Gasteiger partial charge in [-0.3, -0.25) is 19.2 Å². The van der Waals surface area contributed by atoms with Gasteiger partial charge in [0, 0.05) is 24.9 Å². The van der Waals surface area contributed by atoms with Crippen molar-refractivity contribution in [3.8, 4) is 0 Å². The third-order valence-corrected chi connectivity index (χ3v) is 10.4. The summed E-state index contributed by atoms with van der Waals surface area (Å²) in [4.78, 5) is 68.6. The fourth-order valence-electron chi connectivity index (χ4n) is 6.95. The standard InChI is InChI=1S/C32H53N5O7S/c1-8-9-16-22(26(38)28(40)33-17-13-18-45(7,43)44)34-27(39)25-23-21(32(23,5)6)19-37(25)29(41)24(20-14-11-10-12-15-20)35-30(42)36-31(2,3)4/h8,20-25H,1,9-19H2,2-7H3,(H,33,40)(H,34,39)(H2,35,36,42). The molecule has 13 heteroatoms. The number of carbonyl (C=O) groups excluding carboxylic acids is 5. The van der Waals surface area contributed by atoms with Crippen molar-refractivity contribution in [1.29, 1.82) is 0 Å². The van der Waals surface area contributed by atoms with Crippen molar-refractivity contribution in [2.75, 3.05) is 25.1 Å². The fraction of sp³-hybridized carbons (Fsp3) is 0.781. The Labute approximate surface area is 268 Å². The third-order valence-electron chi connectivity index (χ3n) is 9.42. The molecule has 254 valence electrons. The first kappa shape index (κ1) is 36.5. The van der Waals surface area contributed by atoms with Crippen molar-refractivity contribution in [2.24, 2.45) is 23.2 Å². The molecule has 45 heavy (non-hydrogen) atoms. The molecular formula is C32H53N5O7S. The van der Waals surface area contributed by atoms with Crippen LogP contribution in [-0.2, 0) is 29.0 Å². The van der Waals surface area contributed by atoms with Gasteiger partial charge in [0.1, 0.15) is 21.9 Å². The number of ketones is 1. The number of rotatable bonds is 14. The van der Waals surface area contributed by atoms with Gasteiger partial charge in [-0.1, -0.05) is 39.2 Å². The lowest BCUT2D eigenvalue weighted by Crippen LogP contribution is -2.61. The summed E-state index contributed by atoms with van der Waals surface area (Å²) >= 11 is 0. The summed E-state index contributed by atoms with van der Waals surface area (Å²) < 4.78 is 22.8. The van der Waals surface area contributed by atoms with Crippen molar-refractivity contribution in [3.05, 3.63) is 12.7 Å². The van der Waals surface area contributed by atoms with Gasteiger partial charge in [-0.15, -0.1) is 6.58 Å². The second kappa shape index (κ2) is 14.6. The van der Waals surface area contributed by atoms with Crippen LogP contribution < -0.4 is 21.3 Å². The van der Waals surface area contributed by atoms with Crippen molar-refractivity contribution in [3.63, 3.8) is 0 Å². The van der Waals surface area contributed by atoms with Gasteiger partial charge in [0.05, 0.1) is 11.8 Å². The van der Waals surface area contributed by atoms with Crippen LogP contribution in [0.25, 0.3) is 0 Å². The van der Waals surface area contributed by atoms with Crippen molar-refractivity contribution in [2.45, 2.75) is 110 Å². The number of carbonyl (C=O) groups is 5. The number of likely N-dealkylation sites (tertiary alicyclic amines) is 1. The molecule has 5 unspecified atom stereocenters. The zero-order chi connectivity index (χ0) is 33.7. The minimum atomic E-state index is -3.21. The maximum absolute atomic E-state index is 14.3. The van der Waals surface area contributed by atoms with Gasteiger partial charge >= 0.3 is 6.03 Å². The van der Waals surface area contributed by atoms with E-state index < -0.39 is 57.1 Å². The molecule has 5 amide bonds. The van der Waals surface area contributed by atoms with Gasteiger partial charge in [-0.05, 0) is 76.0 Å². The van der Waals surface area contributed by atoms with E-state index in [1.165, 1.54) is 0 Å². The molecule has 0 radical (unpaired) electrons. The highest BCUT2D eigenvalue weighted by Gasteiger charge is 2.69. The van der Waals surface area contributed by atoms with E-state index in [1.54, 1.807) is 11.0 Å². The van der Waals surface area contributed by atoms with E-state index in [1.807, 2.05) is 20.8 Å². The summed E-state index contributed by atoms with van der Waals surface area (Å²) in [7, 11) is -3.21. The lowest BCUT2D eigenvalue weighted by atomic mass is 9.83. The molecule has 1 saturated heterocycles. The predicted molar refractivity (Wildman–Crippen MR) is 172 cm³/mol. The number of hydrogen-bond donors (Lipinski definition) is 4. The molecule has 5 atom stereocenters. The van der Waals surface area contributed by atoms with Gasteiger partial charge in [0.15, 0.2) is 0 Å². The lowest BCUT2D eigenvalue weighted by Gasteiger charge is -2.37. The Bertz CT molecular complexity index is 1250. The molecule has 0 bridgehead atoms. The maximum atomic E-state index is 14.3. The molecule has 3 rings (SSSR count). The largest absolute Gasteiger partial charge is 0.349 e. The van der Waals surface area contributed by atoms with Crippen LogP contribution >= 0.6 is 0 Å².